The van der Waals surface area contributed by atoms with Crippen LogP contribution in [0.5, 0.6) is 0 Å². The Morgan fingerprint density at radius 1 is 1.43 bits per heavy atom. The van der Waals surface area contributed by atoms with E-state index < -0.39 is 15.4 Å². The summed E-state index contributed by atoms with van der Waals surface area (Å²) >= 11 is 0. The third-order valence-electron chi connectivity index (χ3n) is 3.89. The first-order valence-electron chi connectivity index (χ1n) is 6.72. The number of carbonyl (C=O) groups is 1. The highest BCUT2D eigenvalue weighted by Gasteiger charge is 2.39. The third kappa shape index (κ3) is 3.36. The van der Waals surface area contributed by atoms with Gasteiger partial charge in [-0.25, -0.2) is 13.6 Å². The van der Waals surface area contributed by atoms with Crippen LogP contribution in [0, 0.1) is 5.41 Å². The standard InChI is InChI=1S/C14H20N2O4S/c1-14(13(17)20-2)7-4-8-16(10-14)11-5-3-6-12(9-11)21(15,18)19/h3,5-6,9H,4,7-8,10H2,1-2H3,(H2,15,18,19). The maximum Gasteiger partial charge on any atom is 0.313 e. The Hall–Kier alpha value is -1.60. The van der Waals surface area contributed by atoms with Crippen molar-refractivity contribution in [1.29, 1.82) is 0 Å². The van der Waals surface area contributed by atoms with Gasteiger partial charge in [-0.1, -0.05) is 6.07 Å². The number of benzene rings is 1. The number of methoxy groups -OCH3 is 1. The highest BCUT2D eigenvalue weighted by molar-refractivity contribution is 7.89. The Kier molecular flexibility index (Phi) is 4.25. The van der Waals surface area contributed by atoms with Crippen LogP contribution in [-0.2, 0) is 19.6 Å². The van der Waals surface area contributed by atoms with Gasteiger partial charge < -0.3 is 9.64 Å². The van der Waals surface area contributed by atoms with E-state index in [0.29, 0.717) is 6.54 Å². The Morgan fingerprint density at radius 2 is 2.14 bits per heavy atom. The van der Waals surface area contributed by atoms with E-state index in [0.717, 1.165) is 25.1 Å². The fourth-order valence-corrected chi connectivity index (χ4v) is 3.28. The first kappa shape index (κ1) is 15.8. The second-order valence-electron chi connectivity index (χ2n) is 5.62. The number of sulfonamides is 1. The molecule has 1 unspecified atom stereocenters. The highest BCUT2D eigenvalue weighted by Crippen LogP contribution is 2.33. The first-order valence-corrected chi connectivity index (χ1v) is 8.27. The summed E-state index contributed by atoms with van der Waals surface area (Å²) in [6, 6.07) is 6.47. The number of ether oxygens (including phenoxy) is 1. The van der Waals surface area contributed by atoms with Crippen molar-refractivity contribution in [2.45, 2.75) is 24.7 Å². The third-order valence-corrected chi connectivity index (χ3v) is 4.80. The Bertz CT molecular complexity index is 644. The summed E-state index contributed by atoms with van der Waals surface area (Å²) in [5.41, 5.74) is 0.168. The SMILES string of the molecule is COC(=O)C1(C)CCCN(c2cccc(S(N)(=O)=O)c2)C1. The normalized spacial score (nSPS) is 22.9. The van der Waals surface area contributed by atoms with Gasteiger partial charge in [-0.05, 0) is 38.0 Å². The molecule has 0 aliphatic carbocycles. The smallest absolute Gasteiger partial charge is 0.313 e. The zero-order valence-electron chi connectivity index (χ0n) is 12.2. The minimum atomic E-state index is -3.73. The van der Waals surface area contributed by atoms with Crippen LogP contribution in [0.25, 0.3) is 0 Å². The highest BCUT2D eigenvalue weighted by atomic mass is 32.2. The predicted octanol–water partition coefficient (Wildman–Crippen LogP) is 1.11. The average Bonchev–Trinajstić information content (AvgIpc) is 2.45. The second kappa shape index (κ2) is 5.65. The van der Waals surface area contributed by atoms with Gasteiger partial charge in [0, 0.05) is 18.8 Å². The molecule has 0 radical (unpaired) electrons. The van der Waals surface area contributed by atoms with Crippen molar-refractivity contribution in [3.05, 3.63) is 24.3 Å². The molecule has 0 amide bonds. The molecule has 6 nitrogen and oxygen atoms in total. The van der Waals surface area contributed by atoms with E-state index in [1.54, 1.807) is 12.1 Å². The summed E-state index contributed by atoms with van der Waals surface area (Å²) in [6.07, 6.45) is 1.59. The molecule has 2 rings (SSSR count). The van der Waals surface area contributed by atoms with Gasteiger partial charge in [0.15, 0.2) is 0 Å². The van der Waals surface area contributed by atoms with E-state index >= 15 is 0 Å². The van der Waals surface area contributed by atoms with Gasteiger partial charge in [-0.2, -0.15) is 0 Å². The molecule has 0 saturated carbocycles. The van der Waals surface area contributed by atoms with Gasteiger partial charge in [0.1, 0.15) is 0 Å². The fraction of sp³-hybridized carbons (Fsp3) is 0.500. The summed E-state index contributed by atoms with van der Waals surface area (Å²) < 4.78 is 27.7. The lowest BCUT2D eigenvalue weighted by molar-refractivity contribution is -0.152. The number of piperidine rings is 1. The molecule has 2 N–H and O–H groups in total. The summed E-state index contributed by atoms with van der Waals surface area (Å²) in [4.78, 5) is 14.0. The Labute approximate surface area is 124 Å². The second-order valence-corrected chi connectivity index (χ2v) is 7.18. The molecule has 1 saturated heterocycles. The lowest BCUT2D eigenvalue weighted by atomic mass is 9.82. The van der Waals surface area contributed by atoms with Crippen LogP contribution in [0.15, 0.2) is 29.2 Å². The molecule has 0 bridgehead atoms. The number of hydrogen-bond donors (Lipinski definition) is 1. The predicted molar refractivity (Wildman–Crippen MR) is 79.4 cm³/mol. The van der Waals surface area contributed by atoms with Gasteiger partial charge in [0.2, 0.25) is 10.0 Å². The maximum absolute atomic E-state index is 11.9. The van der Waals surface area contributed by atoms with E-state index in [-0.39, 0.29) is 10.9 Å². The van der Waals surface area contributed by atoms with Crippen molar-refractivity contribution in [1.82, 2.24) is 0 Å². The molecule has 1 fully saturated rings. The monoisotopic (exact) mass is 312 g/mol. The zero-order valence-corrected chi connectivity index (χ0v) is 13.0. The fourth-order valence-electron chi connectivity index (χ4n) is 2.73. The molecule has 1 aliphatic rings. The van der Waals surface area contributed by atoms with Gasteiger partial charge in [-0.3, -0.25) is 4.79 Å². The number of carbonyl (C=O) groups excluding carboxylic acids is 1. The number of nitrogens with two attached hydrogens (primary N) is 1. The molecule has 1 aliphatic heterocycles. The van der Waals surface area contributed by atoms with E-state index in [2.05, 4.69) is 0 Å². The van der Waals surface area contributed by atoms with E-state index in [9.17, 15) is 13.2 Å². The lowest BCUT2D eigenvalue weighted by Crippen LogP contribution is -2.46. The molecule has 21 heavy (non-hydrogen) atoms. The van der Waals surface area contributed by atoms with Gasteiger partial charge in [-0.15, -0.1) is 0 Å². The molecule has 0 aromatic heterocycles. The van der Waals surface area contributed by atoms with Crippen molar-refractivity contribution in [2.75, 3.05) is 25.1 Å². The van der Waals surface area contributed by atoms with Crippen LogP contribution < -0.4 is 10.0 Å². The van der Waals surface area contributed by atoms with Gasteiger partial charge in [0.25, 0.3) is 0 Å². The van der Waals surface area contributed by atoms with Crippen molar-refractivity contribution in [3.63, 3.8) is 0 Å². The molecule has 1 heterocycles. The van der Waals surface area contributed by atoms with Crippen LogP contribution in [0.4, 0.5) is 5.69 Å². The number of rotatable bonds is 3. The van der Waals surface area contributed by atoms with Gasteiger partial charge in [0.05, 0.1) is 17.4 Å². The number of anilines is 1. The minimum absolute atomic E-state index is 0.0744. The molecule has 1 atom stereocenters. The Morgan fingerprint density at radius 3 is 2.76 bits per heavy atom. The molecule has 116 valence electrons. The van der Waals surface area contributed by atoms with E-state index in [4.69, 9.17) is 9.88 Å². The molecule has 1 aromatic carbocycles. The minimum Gasteiger partial charge on any atom is -0.469 e. The molecular weight excluding hydrogens is 292 g/mol. The van der Waals surface area contributed by atoms with Crippen LogP contribution in [-0.4, -0.2) is 34.6 Å². The molecule has 1 aromatic rings. The van der Waals surface area contributed by atoms with Gasteiger partial charge >= 0.3 is 5.97 Å². The summed E-state index contributed by atoms with van der Waals surface area (Å²) in [5, 5.41) is 5.16. The number of primary sulfonamides is 1. The molecule has 0 spiro atoms. The lowest BCUT2D eigenvalue weighted by Gasteiger charge is -2.39. The van der Waals surface area contributed by atoms with Crippen molar-refractivity contribution in [2.24, 2.45) is 10.6 Å². The number of hydrogen-bond acceptors (Lipinski definition) is 5. The Balaban J connectivity index is 2.28. The molecular formula is C14H20N2O4S. The van der Waals surface area contributed by atoms with Crippen molar-refractivity contribution >= 4 is 21.7 Å². The zero-order chi connectivity index (χ0) is 15.7. The number of nitrogens with zero attached hydrogens (tertiary/aromatic N) is 1. The number of esters is 1. The summed E-state index contributed by atoms with van der Waals surface area (Å²) in [6.45, 7) is 3.13. The van der Waals surface area contributed by atoms with Crippen LogP contribution in [0.2, 0.25) is 0 Å². The van der Waals surface area contributed by atoms with Crippen molar-refractivity contribution < 1.29 is 17.9 Å². The van der Waals surface area contributed by atoms with E-state index in [1.807, 2.05) is 17.9 Å². The largest absolute Gasteiger partial charge is 0.469 e. The van der Waals surface area contributed by atoms with Crippen LogP contribution >= 0.6 is 0 Å². The maximum atomic E-state index is 11.9. The first-order chi connectivity index (χ1) is 9.76. The summed E-state index contributed by atoms with van der Waals surface area (Å²) in [5.74, 6) is -0.241. The van der Waals surface area contributed by atoms with Crippen LogP contribution in [0.3, 0.4) is 0 Å². The quantitative estimate of drug-likeness (QED) is 0.845. The van der Waals surface area contributed by atoms with Crippen LogP contribution in [0.1, 0.15) is 19.8 Å². The summed E-state index contributed by atoms with van der Waals surface area (Å²) in [7, 11) is -2.35. The molecule has 7 heteroatoms. The van der Waals surface area contributed by atoms with E-state index in [1.165, 1.54) is 13.2 Å². The van der Waals surface area contributed by atoms with Crippen molar-refractivity contribution in [3.8, 4) is 0 Å². The average molecular weight is 312 g/mol. The topological polar surface area (TPSA) is 89.7 Å².